The van der Waals surface area contributed by atoms with Gasteiger partial charge in [0.1, 0.15) is 5.69 Å². The summed E-state index contributed by atoms with van der Waals surface area (Å²) in [7, 11) is 0. The number of hydrogen-bond donors (Lipinski definition) is 1. The van der Waals surface area contributed by atoms with Gasteiger partial charge < -0.3 is 9.88 Å². The number of benzene rings is 2. The van der Waals surface area contributed by atoms with Crippen molar-refractivity contribution in [2.24, 2.45) is 0 Å². The maximum absolute atomic E-state index is 12.8. The summed E-state index contributed by atoms with van der Waals surface area (Å²) in [6.45, 7) is 2.79. The zero-order valence-corrected chi connectivity index (χ0v) is 14.7. The SMILES string of the molecule is CC1c2ccccc2CCN1C(=O)CCc1nc2ccccc2[nH]c1=O. The van der Waals surface area contributed by atoms with Crippen LogP contribution in [-0.2, 0) is 17.6 Å². The Hall–Kier alpha value is -2.95. The fraction of sp³-hybridized carbons (Fsp3) is 0.286. The van der Waals surface area contributed by atoms with Crippen molar-refractivity contribution in [3.05, 3.63) is 75.7 Å². The molecular weight excluding hydrogens is 326 g/mol. The largest absolute Gasteiger partial charge is 0.336 e. The van der Waals surface area contributed by atoms with Crippen LogP contribution in [0.1, 0.15) is 36.2 Å². The lowest BCUT2D eigenvalue weighted by Gasteiger charge is -2.35. The van der Waals surface area contributed by atoms with Gasteiger partial charge in [0.05, 0.1) is 17.1 Å². The molecule has 0 spiro atoms. The Balaban J connectivity index is 1.49. The van der Waals surface area contributed by atoms with Gasteiger partial charge in [-0.25, -0.2) is 4.98 Å². The van der Waals surface area contributed by atoms with Crippen LogP contribution in [0.5, 0.6) is 0 Å². The number of nitrogens with one attached hydrogen (secondary N) is 1. The Morgan fingerprint density at radius 3 is 2.85 bits per heavy atom. The quantitative estimate of drug-likeness (QED) is 0.792. The maximum atomic E-state index is 12.8. The Kier molecular flexibility index (Phi) is 4.29. The number of aromatic amines is 1. The van der Waals surface area contributed by atoms with Crippen LogP contribution in [-0.4, -0.2) is 27.3 Å². The summed E-state index contributed by atoms with van der Waals surface area (Å²) < 4.78 is 0. The number of aryl methyl sites for hydroxylation is 1. The van der Waals surface area contributed by atoms with Gasteiger partial charge in [-0.15, -0.1) is 0 Å². The molecule has 2 heterocycles. The van der Waals surface area contributed by atoms with Crippen molar-refractivity contribution in [2.45, 2.75) is 32.2 Å². The van der Waals surface area contributed by atoms with E-state index in [2.05, 4.69) is 29.0 Å². The highest BCUT2D eigenvalue weighted by Crippen LogP contribution is 2.29. The Morgan fingerprint density at radius 2 is 1.96 bits per heavy atom. The number of amides is 1. The third-order valence-corrected chi connectivity index (χ3v) is 5.16. The van der Waals surface area contributed by atoms with Crippen LogP contribution in [0.15, 0.2) is 53.3 Å². The Labute approximate surface area is 151 Å². The second kappa shape index (κ2) is 6.75. The van der Waals surface area contributed by atoms with Gasteiger partial charge in [0.2, 0.25) is 5.91 Å². The summed E-state index contributed by atoms with van der Waals surface area (Å²) in [4.78, 5) is 34.1. The number of H-pyrrole nitrogens is 1. The van der Waals surface area contributed by atoms with Crippen molar-refractivity contribution in [1.29, 1.82) is 0 Å². The zero-order valence-electron chi connectivity index (χ0n) is 14.7. The van der Waals surface area contributed by atoms with Crippen LogP contribution in [0.3, 0.4) is 0 Å². The van der Waals surface area contributed by atoms with Crippen LogP contribution in [0.2, 0.25) is 0 Å². The lowest BCUT2D eigenvalue weighted by Crippen LogP contribution is -2.39. The number of fused-ring (bicyclic) bond motifs is 2. The second-order valence-corrected chi connectivity index (χ2v) is 6.74. The van der Waals surface area contributed by atoms with Crippen molar-refractivity contribution in [3.8, 4) is 0 Å². The summed E-state index contributed by atoms with van der Waals surface area (Å²) in [6.07, 6.45) is 1.52. The molecule has 0 saturated carbocycles. The van der Waals surface area contributed by atoms with E-state index in [1.54, 1.807) is 0 Å². The number of para-hydroxylation sites is 2. The number of carbonyl (C=O) groups excluding carboxylic acids is 1. The normalized spacial score (nSPS) is 16.5. The molecule has 1 atom stereocenters. The molecular formula is C21H21N3O2. The van der Waals surface area contributed by atoms with Gasteiger partial charge in [-0.1, -0.05) is 36.4 Å². The number of aromatic nitrogens is 2. The van der Waals surface area contributed by atoms with E-state index in [1.165, 1.54) is 11.1 Å². The van der Waals surface area contributed by atoms with Gasteiger partial charge in [-0.05, 0) is 36.6 Å². The summed E-state index contributed by atoms with van der Waals surface area (Å²) in [6, 6.07) is 15.8. The summed E-state index contributed by atoms with van der Waals surface area (Å²) in [5.74, 6) is 0.0707. The minimum Gasteiger partial charge on any atom is -0.336 e. The van der Waals surface area contributed by atoms with E-state index >= 15 is 0 Å². The van der Waals surface area contributed by atoms with E-state index in [4.69, 9.17) is 0 Å². The highest BCUT2D eigenvalue weighted by atomic mass is 16.2. The first-order chi connectivity index (χ1) is 12.6. The van der Waals surface area contributed by atoms with Gasteiger partial charge in [0, 0.05) is 19.4 Å². The van der Waals surface area contributed by atoms with E-state index in [0.717, 1.165) is 18.5 Å². The molecule has 5 heteroatoms. The van der Waals surface area contributed by atoms with E-state index < -0.39 is 0 Å². The van der Waals surface area contributed by atoms with E-state index in [0.29, 0.717) is 24.1 Å². The minimum atomic E-state index is -0.214. The van der Waals surface area contributed by atoms with Gasteiger partial charge in [0.15, 0.2) is 0 Å². The molecule has 1 aromatic heterocycles. The van der Waals surface area contributed by atoms with Crippen LogP contribution >= 0.6 is 0 Å². The zero-order chi connectivity index (χ0) is 18.1. The number of rotatable bonds is 3. The molecule has 0 bridgehead atoms. The maximum Gasteiger partial charge on any atom is 0.270 e. The average Bonchev–Trinajstić information content (AvgIpc) is 2.66. The smallest absolute Gasteiger partial charge is 0.270 e. The first-order valence-corrected chi connectivity index (χ1v) is 8.98. The molecule has 0 fully saturated rings. The lowest BCUT2D eigenvalue weighted by molar-refractivity contribution is -0.133. The molecule has 0 saturated heterocycles. The number of carbonyl (C=O) groups is 1. The first-order valence-electron chi connectivity index (χ1n) is 8.98. The van der Waals surface area contributed by atoms with Crippen LogP contribution < -0.4 is 5.56 Å². The van der Waals surface area contributed by atoms with Crippen molar-refractivity contribution >= 4 is 16.9 Å². The minimum absolute atomic E-state index is 0.0651. The lowest BCUT2D eigenvalue weighted by atomic mass is 9.93. The molecule has 1 unspecified atom stereocenters. The predicted octanol–water partition coefficient (Wildman–Crippen LogP) is 3.00. The van der Waals surface area contributed by atoms with E-state index in [1.807, 2.05) is 41.3 Å². The molecule has 3 aromatic rings. The Morgan fingerprint density at radius 1 is 1.19 bits per heavy atom. The molecule has 4 rings (SSSR count). The van der Waals surface area contributed by atoms with Crippen molar-refractivity contribution in [2.75, 3.05) is 6.54 Å². The molecule has 1 aliphatic rings. The fourth-order valence-corrected chi connectivity index (χ4v) is 3.72. The fourth-order valence-electron chi connectivity index (χ4n) is 3.72. The highest BCUT2D eigenvalue weighted by Gasteiger charge is 2.27. The standard InChI is InChI=1S/C21H21N3O2/c1-14-16-7-3-2-6-15(16)12-13-24(14)20(25)11-10-19-21(26)23-18-9-5-4-8-17(18)22-19/h2-9,14H,10-13H2,1H3,(H,23,26). The second-order valence-electron chi connectivity index (χ2n) is 6.74. The third-order valence-electron chi connectivity index (χ3n) is 5.16. The van der Waals surface area contributed by atoms with Crippen molar-refractivity contribution in [3.63, 3.8) is 0 Å². The molecule has 26 heavy (non-hydrogen) atoms. The van der Waals surface area contributed by atoms with Gasteiger partial charge in [0.25, 0.3) is 5.56 Å². The highest BCUT2D eigenvalue weighted by molar-refractivity contribution is 5.77. The van der Waals surface area contributed by atoms with E-state index in [9.17, 15) is 9.59 Å². The van der Waals surface area contributed by atoms with Crippen molar-refractivity contribution in [1.82, 2.24) is 14.9 Å². The summed E-state index contributed by atoms with van der Waals surface area (Å²) in [5, 5.41) is 0. The van der Waals surface area contributed by atoms with Gasteiger partial charge >= 0.3 is 0 Å². The van der Waals surface area contributed by atoms with Crippen LogP contribution in [0.4, 0.5) is 0 Å². The molecule has 0 radical (unpaired) electrons. The number of nitrogens with zero attached hydrogens (tertiary/aromatic N) is 2. The molecule has 2 aromatic carbocycles. The molecule has 132 valence electrons. The van der Waals surface area contributed by atoms with Crippen LogP contribution in [0, 0.1) is 0 Å². The predicted molar refractivity (Wildman–Crippen MR) is 101 cm³/mol. The molecule has 1 N–H and O–H groups in total. The van der Waals surface area contributed by atoms with Crippen LogP contribution in [0.25, 0.3) is 11.0 Å². The molecule has 0 aliphatic carbocycles. The summed E-state index contributed by atoms with van der Waals surface area (Å²) in [5.41, 5.74) is 4.20. The van der Waals surface area contributed by atoms with E-state index in [-0.39, 0.29) is 17.5 Å². The molecule has 5 nitrogen and oxygen atoms in total. The average molecular weight is 347 g/mol. The Bertz CT molecular complexity index is 1020. The first kappa shape index (κ1) is 16.5. The van der Waals surface area contributed by atoms with Crippen molar-refractivity contribution < 1.29 is 4.79 Å². The molecule has 1 amide bonds. The topological polar surface area (TPSA) is 66.1 Å². The molecule has 1 aliphatic heterocycles. The van der Waals surface area contributed by atoms with Gasteiger partial charge in [-0.2, -0.15) is 0 Å². The number of hydrogen-bond acceptors (Lipinski definition) is 3. The monoisotopic (exact) mass is 347 g/mol. The third kappa shape index (κ3) is 3.01. The summed E-state index contributed by atoms with van der Waals surface area (Å²) >= 11 is 0. The van der Waals surface area contributed by atoms with Gasteiger partial charge in [-0.3, -0.25) is 9.59 Å².